The van der Waals surface area contributed by atoms with Gasteiger partial charge in [0.1, 0.15) is 6.04 Å². The Labute approximate surface area is 256 Å². The highest BCUT2D eigenvalue weighted by molar-refractivity contribution is 8.02. The Hall–Kier alpha value is -3.07. The molecule has 1 unspecified atom stereocenters. The number of fused-ring (bicyclic) bond motifs is 2. The lowest BCUT2D eigenvalue weighted by Gasteiger charge is -2.37. The average molecular weight is 606 g/mol. The predicted octanol–water partition coefficient (Wildman–Crippen LogP) is 5.09. The molecule has 0 radical (unpaired) electrons. The summed E-state index contributed by atoms with van der Waals surface area (Å²) in [5.74, 6) is -1.66. The van der Waals surface area contributed by atoms with E-state index in [4.69, 9.17) is 11.6 Å². The molecular weight excluding hydrogens is 570 g/mol. The van der Waals surface area contributed by atoms with Gasteiger partial charge in [-0.05, 0) is 56.2 Å². The van der Waals surface area contributed by atoms with E-state index in [1.54, 1.807) is 38.6 Å². The summed E-state index contributed by atoms with van der Waals surface area (Å²) < 4.78 is -1.55. The van der Waals surface area contributed by atoms with E-state index in [1.165, 1.54) is 0 Å². The number of carbonyl (C=O) groups is 3. The molecule has 0 aliphatic carbocycles. The van der Waals surface area contributed by atoms with E-state index >= 15 is 0 Å². The zero-order chi connectivity index (χ0) is 29.5. The van der Waals surface area contributed by atoms with Gasteiger partial charge in [-0.15, -0.1) is 11.8 Å². The van der Waals surface area contributed by atoms with Crippen LogP contribution < -0.4 is 9.80 Å². The van der Waals surface area contributed by atoms with Gasteiger partial charge in [-0.2, -0.15) is 0 Å². The van der Waals surface area contributed by atoms with Gasteiger partial charge in [0, 0.05) is 47.4 Å². The number of aliphatic hydroxyl groups excluding tert-OH is 1. The molecule has 220 valence electrons. The standard InChI is InChI=1S/C33H36ClN3O4S/c1-32-17-9-20-35(24-11-5-4-6-12-24)29(39)26(32)27-30(40)37(19-7-2-3-8-22-38)28-31(41)36(21-10-18-33(27,28)42-32)25-15-13-23(34)14-16-25/h4-6,9-18,26-28,38H,2-3,7-8,19-22H2,1H3/t26-,27-,28?,32+,33-/m0/s1. The number of nitrogens with zero attached hydrogens (tertiary/aromatic N) is 3. The molecule has 4 aliphatic heterocycles. The Morgan fingerprint density at radius 2 is 1.45 bits per heavy atom. The van der Waals surface area contributed by atoms with Gasteiger partial charge in [0.15, 0.2) is 0 Å². The van der Waals surface area contributed by atoms with Crippen molar-refractivity contribution >= 4 is 52.5 Å². The number of rotatable bonds is 8. The highest BCUT2D eigenvalue weighted by atomic mass is 35.5. The number of unbranched alkanes of at least 4 members (excludes halogenated alkanes) is 3. The predicted molar refractivity (Wildman–Crippen MR) is 168 cm³/mol. The first kappa shape index (κ1) is 29.0. The fraction of sp³-hybridized carbons (Fsp3) is 0.424. The molecule has 42 heavy (non-hydrogen) atoms. The van der Waals surface area contributed by atoms with Gasteiger partial charge >= 0.3 is 0 Å². The van der Waals surface area contributed by atoms with Crippen molar-refractivity contribution in [2.24, 2.45) is 11.8 Å². The van der Waals surface area contributed by atoms with E-state index in [2.05, 4.69) is 12.2 Å². The summed E-state index contributed by atoms with van der Waals surface area (Å²) >= 11 is 7.75. The molecule has 2 aromatic carbocycles. The molecule has 0 bridgehead atoms. The Bertz CT molecular complexity index is 1420. The third-order valence-electron chi connectivity index (χ3n) is 9.07. The molecule has 2 saturated heterocycles. The minimum atomic E-state index is -0.889. The summed E-state index contributed by atoms with van der Waals surface area (Å²) in [6.07, 6.45) is 11.3. The molecule has 1 spiro atoms. The Kier molecular flexibility index (Phi) is 7.98. The molecule has 4 aliphatic rings. The van der Waals surface area contributed by atoms with Crippen LogP contribution in [0.25, 0.3) is 0 Å². The third kappa shape index (κ3) is 4.77. The number of hydrogen-bond acceptors (Lipinski definition) is 5. The van der Waals surface area contributed by atoms with Gasteiger partial charge in [0.05, 0.1) is 16.6 Å². The topological polar surface area (TPSA) is 81.2 Å². The average Bonchev–Trinajstić information content (AvgIpc) is 3.24. The van der Waals surface area contributed by atoms with E-state index in [-0.39, 0.29) is 24.3 Å². The second kappa shape index (κ2) is 11.5. The van der Waals surface area contributed by atoms with Crippen molar-refractivity contribution in [1.29, 1.82) is 0 Å². The maximum atomic E-state index is 14.6. The summed E-state index contributed by atoms with van der Waals surface area (Å²) in [4.78, 5) is 48.9. The number of aliphatic hydroxyl groups is 1. The number of benzene rings is 2. The van der Waals surface area contributed by atoms with Crippen molar-refractivity contribution in [3.05, 3.63) is 83.9 Å². The molecule has 9 heteroatoms. The van der Waals surface area contributed by atoms with Crippen molar-refractivity contribution in [1.82, 2.24) is 4.90 Å². The van der Waals surface area contributed by atoms with E-state index in [9.17, 15) is 19.5 Å². The number of thioether (sulfide) groups is 1. The molecule has 6 rings (SSSR count). The Morgan fingerprint density at radius 1 is 0.810 bits per heavy atom. The Morgan fingerprint density at radius 3 is 2.17 bits per heavy atom. The van der Waals surface area contributed by atoms with Gasteiger partial charge in [-0.3, -0.25) is 14.4 Å². The van der Waals surface area contributed by atoms with Gasteiger partial charge in [0.25, 0.3) is 5.91 Å². The smallest absolute Gasteiger partial charge is 0.251 e. The van der Waals surface area contributed by atoms with Crippen molar-refractivity contribution in [3.63, 3.8) is 0 Å². The maximum absolute atomic E-state index is 14.6. The van der Waals surface area contributed by atoms with E-state index in [1.807, 2.05) is 61.5 Å². The molecule has 5 atom stereocenters. The van der Waals surface area contributed by atoms with Crippen LogP contribution in [0.1, 0.15) is 32.6 Å². The first-order chi connectivity index (χ1) is 20.3. The summed E-state index contributed by atoms with van der Waals surface area (Å²) in [7, 11) is 0. The molecule has 4 heterocycles. The number of para-hydroxylation sites is 1. The molecule has 7 nitrogen and oxygen atoms in total. The molecule has 2 fully saturated rings. The monoisotopic (exact) mass is 605 g/mol. The number of likely N-dealkylation sites (tertiary alicyclic amines) is 1. The number of anilines is 2. The van der Waals surface area contributed by atoms with Crippen LogP contribution in [0.15, 0.2) is 78.9 Å². The van der Waals surface area contributed by atoms with Crippen LogP contribution in [-0.4, -0.2) is 69.5 Å². The van der Waals surface area contributed by atoms with Crippen LogP contribution in [0.3, 0.4) is 0 Å². The van der Waals surface area contributed by atoms with Gasteiger partial charge in [0.2, 0.25) is 11.8 Å². The fourth-order valence-electron chi connectivity index (χ4n) is 7.20. The first-order valence-electron chi connectivity index (χ1n) is 14.7. The second-order valence-corrected chi connectivity index (χ2v) is 13.9. The largest absolute Gasteiger partial charge is 0.396 e. The van der Waals surface area contributed by atoms with E-state index < -0.39 is 27.4 Å². The van der Waals surface area contributed by atoms with Crippen LogP contribution in [-0.2, 0) is 14.4 Å². The van der Waals surface area contributed by atoms with Crippen molar-refractivity contribution in [2.45, 2.75) is 48.1 Å². The molecule has 2 aromatic rings. The fourth-order valence-corrected chi connectivity index (χ4v) is 9.49. The van der Waals surface area contributed by atoms with Gasteiger partial charge < -0.3 is 19.8 Å². The molecule has 0 aromatic heterocycles. The third-order valence-corrected chi connectivity index (χ3v) is 11.1. The molecule has 1 N–H and O–H groups in total. The van der Waals surface area contributed by atoms with Crippen molar-refractivity contribution in [2.75, 3.05) is 36.0 Å². The van der Waals surface area contributed by atoms with Gasteiger partial charge in [-0.1, -0.05) is 66.9 Å². The van der Waals surface area contributed by atoms with E-state index in [0.717, 1.165) is 30.6 Å². The number of halogens is 1. The quantitative estimate of drug-likeness (QED) is 0.335. The van der Waals surface area contributed by atoms with Crippen LogP contribution in [0.2, 0.25) is 5.02 Å². The lowest BCUT2D eigenvalue weighted by Crippen LogP contribution is -2.53. The van der Waals surface area contributed by atoms with Crippen molar-refractivity contribution in [3.8, 4) is 0 Å². The molecule has 0 saturated carbocycles. The van der Waals surface area contributed by atoms with Crippen LogP contribution >= 0.6 is 23.4 Å². The minimum absolute atomic E-state index is 0.0837. The first-order valence-corrected chi connectivity index (χ1v) is 15.9. The summed E-state index contributed by atoms with van der Waals surface area (Å²) in [6, 6.07) is 16.0. The summed E-state index contributed by atoms with van der Waals surface area (Å²) in [5.41, 5.74) is 1.52. The normalized spacial score (nSPS) is 30.3. The number of carbonyl (C=O) groups excluding carboxylic acids is 3. The number of hydrogen-bond donors (Lipinski definition) is 1. The summed E-state index contributed by atoms with van der Waals surface area (Å²) in [6.45, 7) is 3.41. The highest BCUT2D eigenvalue weighted by Crippen LogP contribution is 2.65. The SMILES string of the molecule is C[C@@]12C=CCN(c3ccccc3)C(=O)[C@@H]1[C@H]1C(=O)N(CCCCCCO)C3C(=O)N(c4ccc(Cl)cc4)CC=C[C@@]31S2. The highest BCUT2D eigenvalue weighted by Gasteiger charge is 2.73. The zero-order valence-electron chi connectivity index (χ0n) is 23.7. The Balaban J connectivity index is 1.42. The second-order valence-electron chi connectivity index (χ2n) is 11.7. The maximum Gasteiger partial charge on any atom is 0.251 e. The van der Waals surface area contributed by atoms with E-state index in [0.29, 0.717) is 31.1 Å². The lowest BCUT2D eigenvalue weighted by molar-refractivity contribution is -0.139. The van der Waals surface area contributed by atoms with Crippen LogP contribution in [0.4, 0.5) is 11.4 Å². The molecular formula is C33H36ClN3O4S. The van der Waals surface area contributed by atoms with Crippen LogP contribution in [0, 0.1) is 11.8 Å². The number of amides is 3. The minimum Gasteiger partial charge on any atom is -0.396 e. The zero-order valence-corrected chi connectivity index (χ0v) is 25.3. The molecule has 3 amide bonds. The van der Waals surface area contributed by atoms with Crippen LogP contribution in [0.5, 0.6) is 0 Å². The summed E-state index contributed by atoms with van der Waals surface area (Å²) in [5, 5.41) is 9.80. The van der Waals surface area contributed by atoms with Crippen molar-refractivity contribution < 1.29 is 19.5 Å². The lowest BCUT2D eigenvalue weighted by atomic mass is 9.74. The van der Waals surface area contributed by atoms with Gasteiger partial charge in [-0.25, -0.2) is 0 Å².